The fourth-order valence-electron chi connectivity index (χ4n) is 2.29. The third kappa shape index (κ3) is 2.03. The average molecular weight is 185 g/mol. The molecule has 2 atom stereocenters. The normalized spacial score (nSPS) is 39.5. The van der Waals surface area contributed by atoms with Gasteiger partial charge in [-0.1, -0.05) is 0 Å². The molecule has 2 unspecified atom stereocenters. The molecule has 2 heterocycles. The maximum Gasteiger partial charge on any atom is 0.0845 e. The van der Waals surface area contributed by atoms with Gasteiger partial charge in [-0.25, -0.2) is 0 Å². The summed E-state index contributed by atoms with van der Waals surface area (Å²) in [5.41, 5.74) is 0.111. The van der Waals surface area contributed by atoms with Crippen LogP contribution in [0.25, 0.3) is 0 Å². The fourth-order valence-corrected chi connectivity index (χ4v) is 2.29. The highest BCUT2D eigenvalue weighted by molar-refractivity contribution is 4.96. The Morgan fingerprint density at radius 1 is 1.54 bits per heavy atom. The van der Waals surface area contributed by atoms with Gasteiger partial charge in [-0.15, -0.1) is 0 Å². The van der Waals surface area contributed by atoms with Gasteiger partial charge < -0.3 is 14.8 Å². The molecule has 0 aromatic carbocycles. The molecule has 2 aliphatic rings. The lowest BCUT2D eigenvalue weighted by molar-refractivity contribution is -0.00838. The molecule has 0 saturated carbocycles. The topological polar surface area (TPSA) is 30.5 Å². The Morgan fingerprint density at radius 2 is 2.38 bits per heavy atom. The second kappa shape index (κ2) is 3.56. The largest absolute Gasteiger partial charge is 0.373 e. The van der Waals surface area contributed by atoms with Crippen molar-refractivity contribution < 1.29 is 9.47 Å². The second-order valence-electron chi connectivity index (χ2n) is 4.43. The molecule has 2 saturated heterocycles. The lowest BCUT2D eigenvalue weighted by atomic mass is 9.98. The van der Waals surface area contributed by atoms with Crippen molar-refractivity contribution in [1.82, 2.24) is 5.32 Å². The molecule has 3 nitrogen and oxygen atoms in total. The summed E-state index contributed by atoms with van der Waals surface area (Å²) in [7, 11) is 0. The molecule has 1 spiro atoms. The minimum atomic E-state index is 0.111. The highest BCUT2D eigenvalue weighted by atomic mass is 16.6. The van der Waals surface area contributed by atoms with Gasteiger partial charge in [0.05, 0.1) is 24.4 Å². The van der Waals surface area contributed by atoms with Gasteiger partial charge in [-0.05, 0) is 26.8 Å². The molecule has 2 rings (SSSR count). The Hall–Kier alpha value is -0.120. The molecule has 0 aromatic heterocycles. The Bertz CT molecular complexity index is 176. The number of hydrogen-bond acceptors (Lipinski definition) is 3. The summed E-state index contributed by atoms with van der Waals surface area (Å²) in [5.74, 6) is 0. The van der Waals surface area contributed by atoms with Gasteiger partial charge in [-0.3, -0.25) is 0 Å². The van der Waals surface area contributed by atoms with Crippen LogP contribution in [0.1, 0.15) is 26.7 Å². The van der Waals surface area contributed by atoms with E-state index >= 15 is 0 Å². The van der Waals surface area contributed by atoms with Crippen LogP contribution in [0.3, 0.4) is 0 Å². The maximum atomic E-state index is 5.83. The zero-order valence-corrected chi connectivity index (χ0v) is 8.51. The summed E-state index contributed by atoms with van der Waals surface area (Å²) >= 11 is 0. The summed E-state index contributed by atoms with van der Waals surface area (Å²) in [6.45, 7) is 7.04. The standard InChI is InChI=1S/C10H19NO2/c1-8(2)13-9-5-10(12-6-9)3-4-11-7-10/h8-9,11H,3-7H2,1-2H3. The number of rotatable bonds is 2. The van der Waals surface area contributed by atoms with E-state index in [2.05, 4.69) is 19.2 Å². The van der Waals surface area contributed by atoms with E-state index in [0.717, 1.165) is 32.5 Å². The maximum absolute atomic E-state index is 5.83. The van der Waals surface area contributed by atoms with Crippen LogP contribution in [0.5, 0.6) is 0 Å². The van der Waals surface area contributed by atoms with Crippen molar-refractivity contribution in [2.45, 2.75) is 44.5 Å². The summed E-state index contributed by atoms with van der Waals surface area (Å²) < 4.78 is 11.6. The van der Waals surface area contributed by atoms with E-state index in [4.69, 9.17) is 9.47 Å². The summed E-state index contributed by atoms with van der Waals surface area (Å²) in [6.07, 6.45) is 2.85. The van der Waals surface area contributed by atoms with Crippen LogP contribution in [0, 0.1) is 0 Å². The minimum absolute atomic E-state index is 0.111. The first kappa shape index (κ1) is 9.44. The molecule has 1 N–H and O–H groups in total. The Kier molecular flexibility index (Phi) is 2.58. The highest BCUT2D eigenvalue weighted by Crippen LogP contribution is 2.33. The van der Waals surface area contributed by atoms with Crippen molar-refractivity contribution in [3.8, 4) is 0 Å². The lowest BCUT2D eigenvalue weighted by Crippen LogP contribution is -2.31. The average Bonchev–Trinajstić information content (AvgIpc) is 2.63. The van der Waals surface area contributed by atoms with Crippen LogP contribution >= 0.6 is 0 Å². The summed E-state index contributed by atoms with van der Waals surface area (Å²) in [5, 5.41) is 3.35. The van der Waals surface area contributed by atoms with Crippen molar-refractivity contribution >= 4 is 0 Å². The zero-order valence-electron chi connectivity index (χ0n) is 8.51. The Balaban J connectivity index is 1.86. The van der Waals surface area contributed by atoms with E-state index in [0.29, 0.717) is 12.2 Å². The second-order valence-corrected chi connectivity index (χ2v) is 4.43. The minimum Gasteiger partial charge on any atom is -0.373 e. The van der Waals surface area contributed by atoms with Crippen molar-refractivity contribution in [2.24, 2.45) is 0 Å². The van der Waals surface area contributed by atoms with Gasteiger partial charge in [0.2, 0.25) is 0 Å². The van der Waals surface area contributed by atoms with Gasteiger partial charge in [0.25, 0.3) is 0 Å². The lowest BCUT2D eigenvalue weighted by Gasteiger charge is -2.20. The first-order valence-electron chi connectivity index (χ1n) is 5.20. The van der Waals surface area contributed by atoms with Crippen molar-refractivity contribution in [3.05, 3.63) is 0 Å². The number of hydrogen-bond donors (Lipinski definition) is 1. The van der Waals surface area contributed by atoms with Crippen LogP contribution in [0.2, 0.25) is 0 Å². The predicted octanol–water partition coefficient (Wildman–Crippen LogP) is 0.932. The molecule has 76 valence electrons. The molecule has 2 fully saturated rings. The third-order valence-corrected chi connectivity index (χ3v) is 2.84. The van der Waals surface area contributed by atoms with E-state index < -0.39 is 0 Å². The molecule has 0 amide bonds. The van der Waals surface area contributed by atoms with Crippen LogP contribution in [-0.2, 0) is 9.47 Å². The quantitative estimate of drug-likeness (QED) is 0.694. The monoisotopic (exact) mass is 185 g/mol. The number of ether oxygens (including phenoxy) is 2. The van der Waals surface area contributed by atoms with E-state index in [1.807, 2.05) is 0 Å². The van der Waals surface area contributed by atoms with Crippen molar-refractivity contribution in [1.29, 1.82) is 0 Å². The highest BCUT2D eigenvalue weighted by Gasteiger charge is 2.43. The van der Waals surface area contributed by atoms with E-state index in [1.165, 1.54) is 0 Å². The molecule has 0 aliphatic carbocycles. The summed E-state index contributed by atoms with van der Waals surface area (Å²) in [4.78, 5) is 0. The van der Waals surface area contributed by atoms with Crippen molar-refractivity contribution in [3.63, 3.8) is 0 Å². The predicted molar refractivity (Wildman–Crippen MR) is 50.8 cm³/mol. The van der Waals surface area contributed by atoms with Crippen LogP contribution in [0.4, 0.5) is 0 Å². The van der Waals surface area contributed by atoms with Gasteiger partial charge >= 0.3 is 0 Å². The van der Waals surface area contributed by atoms with E-state index in [9.17, 15) is 0 Å². The molecule has 3 heteroatoms. The molecule has 0 bridgehead atoms. The van der Waals surface area contributed by atoms with E-state index in [1.54, 1.807) is 0 Å². The van der Waals surface area contributed by atoms with Crippen LogP contribution < -0.4 is 5.32 Å². The summed E-state index contributed by atoms with van der Waals surface area (Å²) in [6, 6.07) is 0. The van der Waals surface area contributed by atoms with Gasteiger partial charge in [-0.2, -0.15) is 0 Å². The fraction of sp³-hybridized carbons (Fsp3) is 1.00. The van der Waals surface area contributed by atoms with Crippen LogP contribution in [0.15, 0.2) is 0 Å². The first-order valence-corrected chi connectivity index (χ1v) is 5.20. The first-order chi connectivity index (χ1) is 6.20. The number of nitrogens with one attached hydrogen (secondary N) is 1. The van der Waals surface area contributed by atoms with Gasteiger partial charge in [0.15, 0.2) is 0 Å². The molecular formula is C10H19NO2. The Labute approximate surface area is 79.8 Å². The van der Waals surface area contributed by atoms with Crippen molar-refractivity contribution in [2.75, 3.05) is 19.7 Å². The molecule has 2 aliphatic heterocycles. The SMILES string of the molecule is CC(C)OC1COC2(CCNC2)C1. The third-order valence-electron chi connectivity index (χ3n) is 2.84. The smallest absolute Gasteiger partial charge is 0.0845 e. The zero-order chi connectivity index (χ0) is 9.31. The molecule has 13 heavy (non-hydrogen) atoms. The van der Waals surface area contributed by atoms with Gasteiger partial charge in [0, 0.05) is 13.0 Å². The Morgan fingerprint density at radius 3 is 3.00 bits per heavy atom. The molecular weight excluding hydrogens is 166 g/mol. The van der Waals surface area contributed by atoms with Crippen LogP contribution in [-0.4, -0.2) is 37.5 Å². The van der Waals surface area contributed by atoms with E-state index in [-0.39, 0.29) is 5.60 Å². The van der Waals surface area contributed by atoms with Gasteiger partial charge in [0.1, 0.15) is 0 Å². The molecule has 0 radical (unpaired) electrons. The molecule has 0 aromatic rings.